The highest BCUT2D eigenvalue weighted by molar-refractivity contribution is 5.96. The van der Waals surface area contributed by atoms with Gasteiger partial charge in [-0.25, -0.2) is 0 Å². The molecule has 0 aliphatic heterocycles. The Morgan fingerprint density at radius 1 is 1.62 bits per heavy atom. The summed E-state index contributed by atoms with van der Waals surface area (Å²) in [7, 11) is 1.50. The topological polar surface area (TPSA) is 52.3 Å². The van der Waals surface area contributed by atoms with Gasteiger partial charge in [-0.15, -0.1) is 0 Å². The van der Waals surface area contributed by atoms with Crippen LogP contribution in [0.5, 0.6) is 5.75 Å². The number of hydrogen-bond acceptors (Lipinski definition) is 2. The highest BCUT2D eigenvalue weighted by Crippen LogP contribution is 2.19. The summed E-state index contributed by atoms with van der Waals surface area (Å²) in [6.07, 6.45) is 1.64. The van der Waals surface area contributed by atoms with Crippen LogP contribution in [-0.4, -0.2) is 13.0 Å². The van der Waals surface area contributed by atoms with Gasteiger partial charge in [0.25, 0.3) is 5.91 Å². The summed E-state index contributed by atoms with van der Waals surface area (Å²) in [4.78, 5) is 11.0. The first kappa shape index (κ1) is 9.32. The lowest BCUT2D eigenvalue weighted by atomic mass is 10.1. The van der Waals surface area contributed by atoms with E-state index in [1.807, 2.05) is 0 Å². The lowest BCUT2D eigenvalue weighted by Gasteiger charge is -2.05. The zero-order chi connectivity index (χ0) is 9.84. The maximum atomic E-state index is 11.0. The van der Waals surface area contributed by atoms with Gasteiger partial charge in [-0.3, -0.25) is 4.79 Å². The zero-order valence-electron chi connectivity index (χ0n) is 7.41. The van der Waals surface area contributed by atoms with Crippen LogP contribution in [0.15, 0.2) is 24.8 Å². The van der Waals surface area contributed by atoms with Gasteiger partial charge in [0.1, 0.15) is 5.75 Å². The monoisotopic (exact) mass is 177 g/mol. The van der Waals surface area contributed by atoms with Gasteiger partial charge in [0.05, 0.1) is 12.7 Å². The number of rotatable bonds is 3. The summed E-state index contributed by atoms with van der Waals surface area (Å²) in [6, 6.07) is 5.14. The first-order valence-electron chi connectivity index (χ1n) is 3.79. The second kappa shape index (κ2) is 3.76. The molecule has 1 amide bonds. The highest BCUT2D eigenvalue weighted by atomic mass is 16.5. The first-order valence-corrected chi connectivity index (χ1v) is 3.79. The largest absolute Gasteiger partial charge is 0.496 e. The van der Waals surface area contributed by atoms with Crippen LogP contribution in [0.3, 0.4) is 0 Å². The minimum Gasteiger partial charge on any atom is -0.496 e. The molecule has 0 fully saturated rings. The van der Waals surface area contributed by atoms with Crippen LogP contribution in [0.25, 0.3) is 6.08 Å². The Balaban J connectivity index is 3.25. The van der Waals surface area contributed by atoms with Crippen molar-refractivity contribution in [1.29, 1.82) is 0 Å². The van der Waals surface area contributed by atoms with E-state index in [4.69, 9.17) is 10.5 Å². The Morgan fingerprint density at radius 3 is 2.77 bits per heavy atom. The summed E-state index contributed by atoms with van der Waals surface area (Å²) in [5.74, 6) is -0.0151. The maximum absolute atomic E-state index is 11.0. The Kier molecular flexibility index (Phi) is 2.69. The fourth-order valence-electron chi connectivity index (χ4n) is 1.05. The number of carbonyl (C=O) groups is 1. The van der Waals surface area contributed by atoms with Crippen molar-refractivity contribution in [3.63, 3.8) is 0 Å². The van der Waals surface area contributed by atoms with Crippen molar-refractivity contribution in [3.05, 3.63) is 35.9 Å². The average molecular weight is 177 g/mol. The van der Waals surface area contributed by atoms with Crippen LogP contribution in [0.1, 0.15) is 15.9 Å². The molecule has 0 heterocycles. The lowest BCUT2D eigenvalue weighted by molar-refractivity contribution is 0.0997. The number of methoxy groups -OCH3 is 1. The maximum Gasteiger partial charge on any atom is 0.252 e. The summed E-state index contributed by atoms with van der Waals surface area (Å²) in [5.41, 5.74) is 6.38. The molecule has 0 unspecified atom stereocenters. The van der Waals surface area contributed by atoms with Crippen molar-refractivity contribution < 1.29 is 9.53 Å². The van der Waals surface area contributed by atoms with Crippen molar-refractivity contribution in [2.45, 2.75) is 0 Å². The fourth-order valence-corrected chi connectivity index (χ4v) is 1.05. The van der Waals surface area contributed by atoms with Gasteiger partial charge in [0.2, 0.25) is 0 Å². The van der Waals surface area contributed by atoms with E-state index in [0.29, 0.717) is 11.3 Å². The standard InChI is InChI=1S/C10H11NO2/c1-3-7-4-5-9(13-2)8(6-7)10(11)12/h3-6H,1H2,2H3,(H2,11,12). The third-order valence-electron chi connectivity index (χ3n) is 1.72. The van der Waals surface area contributed by atoms with Crippen LogP contribution < -0.4 is 10.5 Å². The van der Waals surface area contributed by atoms with E-state index in [2.05, 4.69) is 6.58 Å². The van der Waals surface area contributed by atoms with E-state index >= 15 is 0 Å². The molecule has 1 aromatic rings. The summed E-state index contributed by atoms with van der Waals surface area (Å²) >= 11 is 0. The molecular formula is C10H11NO2. The summed E-state index contributed by atoms with van der Waals surface area (Å²) < 4.78 is 4.97. The molecule has 0 radical (unpaired) electrons. The number of amides is 1. The quantitative estimate of drug-likeness (QED) is 0.759. The van der Waals surface area contributed by atoms with E-state index in [1.54, 1.807) is 24.3 Å². The van der Waals surface area contributed by atoms with Gasteiger partial charge < -0.3 is 10.5 Å². The molecule has 1 rings (SSSR count). The van der Waals surface area contributed by atoms with Gasteiger partial charge in [0.15, 0.2) is 0 Å². The zero-order valence-corrected chi connectivity index (χ0v) is 7.41. The van der Waals surface area contributed by atoms with Gasteiger partial charge in [-0.2, -0.15) is 0 Å². The Hall–Kier alpha value is -1.77. The van der Waals surface area contributed by atoms with E-state index in [-0.39, 0.29) is 0 Å². The second-order valence-electron chi connectivity index (χ2n) is 2.53. The molecule has 13 heavy (non-hydrogen) atoms. The average Bonchev–Trinajstić information content (AvgIpc) is 2.16. The van der Waals surface area contributed by atoms with Crippen LogP contribution in [0, 0.1) is 0 Å². The van der Waals surface area contributed by atoms with E-state index in [0.717, 1.165) is 5.56 Å². The van der Waals surface area contributed by atoms with Crippen molar-refractivity contribution in [1.82, 2.24) is 0 Å². The molecule has 1 aromatic carbocycles. The third-order valence-corrected chi connectivity index (χ3v) is 1.72. The van der Waals surface area contributed by atoms with Gasteiger partial charge in [-0.05, 0) is 17.7 Å². The number of carbonyl (C=O) groups excluding carboxylic acids is 1. The van der Waals surface area contributed by atoms with Gasteiger partial charge >= 0.3 is 0 Å². The molecule has 3 heteroatoms. The molecule has 0 spiro atoms. The van der Waals surface area contributed by atoms with E-state index in [9.17, 15) is 4.79 Å². The van der Waals surface area contributed by atoms with Crippen LogP contribution in [0.2, 0.25) is 0 Å². The lowest BCUT2D eigenvalue weighted by Crippen LogP contribution is -2.12. The van der Waals surface area contributed by atoms with Crippen molar-refractivity contribution in [3.8, 4) is 5.75 Å². The minimum atomic E-state index is -0.499. The number of primary amides is 1. The number of hydrogen-bond donors (Lipinski definition) is 1. The predicted molar refractivity (Wildman–Crippen MR) is 51.6 cm³/mol. The summed E-state index contributed by atoms with van der Waals surface area (Å²) in [5, 5.41) is 0. The van der Waals surface area contributed by atoms with Crippen LogP contribution in [-0.2, 0) is 0 Å². The number of nitrogens with two attached hydrogens (primary N) is 1. The molecule has 2 N–H and O–H groups in total. The second-order valence-corrected chi connectivity index (χ2v) is 2.53. The van der Waals surface area contributed by atoms with Crippen molar-refractivity contribution in [2.75, 3.05) is 7.11 Å². The smallest absolute Gasteiger partial charge is 0.252 e. The normalized spacial score (nSPS) is 9.31. The fraction of sp³-hybridized carbons (Fsp3) is 0.100. The molecule has 0 saturated carbocycles. The Bertz CT molecular complexity index is 345. The number of benzene rings is 1. The SMILES string of the molecule is C=Cc1ccc(OC)c(C(N)=O)c1. The molecule has 0 aromatic heterocycles. The van der Waals surface area contributed by atoms with Gasteiger partial charge in [-0.1, -0.05) is 18.7 Å². The first-order chi connectivity index (χ1) is 6.19. The van der Waals surface area contributed by atoms with Crippen molar-refractivity contribution in [2.24, 2.45) is 5.73 Å². The summed E-state index contributed by atoms with van der Waals surface area (Å²) in [6.45, 7) is 3.59. The molecule has 0 aliphatic rings. The highest BCUT2D eigenvalue weighted by Gasteiger charge is 2.07. The predicted octanol–water partition coefficient (Wildman–Crippen LogP) is 1.44. The van der Waals surface area contributed by atoms with Crippen molar-refractivity contribution >= 4 is 12.0 Å². The molecule has 3 nitrogen and oxygen atoms in total. The van der Waals surface area contributed by atoms with Crippen LogP contribution >= 0.6 is 0 Å². The Morgan fingerprint density at radius 2 is 2.31 bits per heavy atom. The van der Waals surface area contributed by atoms with Gasteiger partial charge in [0, 0.05) is 0 Å². The van der Waals surface area contributed by atoms with E-state index < -0.39 is 5.91 Å². The molecule has 0 aliphatic carbocycles. The van der Waals surface area contributed by atoms with Crippen LogP contribution in [0.4, 0.5) is 0 Å². The molecule has 0 bridgehead atoms. The minimum absolute atomic E-state index is 0.375. The molecule has 0 saturated heterocycles. The number of ether oxygens (including phenoxy) is 1. The Labute approximate surface area is 76.8 Å². The van der Waals surface area contributed by atoms with E-state index in [1.165, 1.54) is 7.11 Å². The molecular weight excluding hydrogens is 166 g/mol. The molecule has 0 atom stereocenters. The third kappa shape index (κ3) is 1.87. The molecule has 68 valence electrons.